The molecule has 0 saturated carbocycles. The fourth-order valence-corrected chi connectivity index (χ4v) is 2.84. The lowest BCUT2D eigenvalue weighted by molar-refractivity contribution is -0.386. The molecule has 0 bridgehead atoms. The van der Waals surface area contributed by atoms with Gasteiger partial charge in [0.15, 0.2) is 5.75 Å². The van der Waals surface area contributed by atoms with Gasteiger partial charge in [-0.2, -0.15) is 0 Å². The number of phenols is 1. The summed E-state index contributed by atoms with van der Waals surface area (Å²) in [6, 6.07) is 2.00. The van der Waals surface area contributed by atoms with Gasteiger partial charge in [0.2, 0.25) is 5.75 Å². The summed E-state index contributed by atoms with van der Waals surface area (Å²) in [6.45, 7) is 7.67. The van der Waals surface area contributed by atoms with Crippen molar-refractivity contribution in [2.75, 3.05) is 13.7 Å². The van der Waals surface area contributed by atoms with Crippen molar-refractivity contribution in [3.8, 4) is 11.5 Å². The number of aromatic hydroxyl groups is 1. The number of nitrogens with one attached hydrogen (secondary N) is 1. The average molecular weight is 411 g/mol. The maximum absolute atomic E-state index is 12.4. The first kappa shape index (κ1) is 24.0. The molecule has 0 aliphatic rings. The van der Waals surface area contributed by atoms with Crippen LogP contribution in [0.4, 0.5) is 10.5 Å². The lowest BCUT2D eigenvalue weighted by Gasteiger charge is -2.33. The molecule has 2 amide bonds. The number of unbranched alkanes of at least 4 members (excludes halogenated alkanes) is 1. The van der Waals surface area contributed by atoms with E-state index in [1.54, 1.807) is 6.92 Å². The first-order valence-electron chi connectivity index (χ1n) is 9.25. The molecule has 0 spiro atoms. The van der Waals surface area contributed by atoms with Crippen molar-refractivity contribution in [3.05, 3.63) is 27.8 Å². The van der Waals surface area contributed by atoms with Crippen LogP contribution in [-0.2, 0) is 0 Å². The number of phenolic OH excluding ortho intramolecular Hbond substituents is 1. The number of carbonyl (C=O) groups is 2. The average Bonchev–Trinajstić information content (AvgIpc) is 2.59. The molecule has 29 heavy (non-hydrogen) atoms. The van der Waals surface area contributed by atoms with Gasteiger partial charge in [-0.3, -0.25) is 14.9 Å². The van der Waals surface area contributed by atoms with Crippen molar-refractivity contribution >= 4 is 17.7 Å². The third-order valence-electron chi connectivity index (χ3n) is 4.42. The zero-order valence-electron chi connectivity index (χ0n) is 17.4. The SMILES string of the molecule is COc1cc(C(=O)NC(C)CCCCN(C(=O)O)C(C)(C)C)cc([N+](=O)[O-])c1O. The second-order valence-electron chi connectivity index (χ2n) is 7.78. The molecule has 0 aromatic heterocycles. The summed E-state index contributed by atoms with van der Waals surface area (Å²) in [4.78, 5) is 35.4. The van der Waals surface area contributed by atoms with E-state index in [1.807, 2.05) is 20.8 Å². The van der Waals surface area contributed by atoms with Gasteiger partial charge in [0.1, 0.15) is 0 Å². The predicted octanol–water partition coefficient (Wildman–Crippen LogP) is 3.38. The van der Waals surface area contributed by atoms with Crippen LogP contribution in [-0.4, -0.2) is 57.3 Å². The number of ether oxygens (including phenoxy) is 1. The van der Waals surface area contributed by atoms with Crippen LogP contribution < -0.4 is 10.1 Å². The van der Waals surface area contributed by atoms with E-state index >= 15 is 0 Å². The summed E-state index contributed by atoms with van der Waals surface area (Å²) in [5, 5.41) is 32.9. The normalized spacial score (nSPS) is 12.2. The Morgan fingerprint density at radius 3 is 2.41 bits per heavy atom. The van der Waals surface area contributed by atoms with Crippen molar-refractivity contribution in [3.63, 3.8) is 0 Å². The highest BCUT2D eigenvalue weighted by atomic mass is 16.6. The number of nitrogens with zero attached hydrogens (tertiary/aromatic N) is 2. The summed E-state index contributed by atoms with van der Waals surface area (Å²) in [6.07, 6.45) is 0.977. The third kappa shape index (κ3) is 6.81. The Morgan fingerprint density at radius 1 is 1.31 bits per heavy atom. The molecule has 0 saturated heterocycles. The van der Waals surface area contributed by atoms with Crippen LogP contribution in [0.1, 0.15) is 57.3 Å². The van der Waals surface area contributed by atoms with E-state index in [2.05, 4.69) is 5.32 Å². The fraction of sp³-hybridized carbons (Fsp3) is 0.579. The molecule has 0 fully saturated rings. The molecule has 1 aromatic rings. The van der Waals surface area contributed by atoms with E-state index in [4.69, 9.17) is 4.74 Å². The minimum Gasteiger partial charge on any atom is -0.500 e. The fourth-order valence-electron chi connectivity index (χ4n) is 2.84. The van der Waals surface area contributed by atoms with Crippen LogP contribution in [0.5, 0.6) is 11.5 Å². The quantitative estimate of drug-likeness (QED) is 0.321. The van der Waals surface area contributed by atoms with Crippen molar-refractivity contribution in [1.29, 1.82) is 0 Å². The summed E-state index contributed by atoms with van der Waals surface area (Å²) >= 11 is 0. The van der Waals surface area contributed by atoms with E-state index < -0.39 is 33.9 Å². The van der Waals surface area contributed by atoms with E-state index in [9.17, 15) is 29.9 Å². The minimum atomic E-state index is -0.971. The van der Waals surface area contributed by atoms with Gasteiger partial charge in [-0.05, 0) is 53.0 Å². The molecule has 1 aromatic carbocycles. The van der Waals surface area contributed by atoms with Crippen molar-refractivity contribution < 1.29 is 29.5 Å². The maximum Gasteiger partial charge on any atom is 0.407 e. The molecule has 1 rings (SSSR count). The highest BCUT2D eigenvalue weighted by Gasteiger charge is 2.25. The zero-order chi connectivity index (χ0) is 22.4. The van der Waals surface area contributed by atoms with E-state index in [0.29, 0.717) is 25.8 Å². The van der Waals surface area contributed by atoms with E-state index in [1.165, 1.54) is 18.1 Å². The molecular formula is C19H29N3O7. The van der Waals surface area contributed by atoms with Gasteiger partial charge in [0, 0.05) is 24.2 Å². The number of hydrogen-bond acceptors (Lipinski definition) is 6. The number of amides is 2. The van der Waals surface area contributed by atoms with Gasteiger partial charge in [0.25, 0.3) is 5.91 Å². The van der Waals surface area contributed by atoms with Gasteiger partial charge in [-0.15, -0.1) is 0 Å². The molecule has 1 atom stereocenters. The van der Waals surface area contributed by atoms with E-state index in [-0.39, 0.29) is 17.4 Å². The number of hydrogen-bond donors (Lipinski definition) is 3. The molecule has 3 N–H and O–H groups in total. The summed E-state index contributed by atoms with van der Waals surface area (Å²) in [5.41, 5.74) is -1.10. The molecule has 10 heteroatoms. The lowest BCUT2D eigenvalue weighted by Crippen LogP contribution is -2.45. The first-order valence-corrected chi connectivity index (χ1v) is 9.25. The minimum absolute atomic E-state index is 0.00276. The zero-order valence-corrected chi connectivity index (χ0v) is 17.4. The molecular weight excluding hydrogens is 382 g/mol. The van der Waals surface area contributed by atoms with Gasteiger partial charge in [-0.25, -0.2) is 4.79 Å². The number of rotatable bonds is 9. The van der Waals surface area contributed by atoms with Crippen LogP contribution in [0.2, 0.25) is 0 Å². The molecule has 162 valence electrons. The Bertz CT molecular complexity index is 759. The molecule has 0 heterocycles. The van der Waals surface area contributed by atoms with Gasteiger partial charge >= 0.3 is 11.8 Å². The van der Waals surface area contributed by atoms with Crippen LogP contribution in [0.25, 0.3) is 0 Å². The number of carbonyl (C=O) groups excluding carboxylic acids is 1. The van der Waals surface area contributed by atoms with Crippen LogP contribution in [0.3, 0.4) is 0 Å². The van der Waals surface area contributed by atoms with E-state index in [0.717, 1.165) is 6.07 Å². The number of nitro benzene ring substituents is 1. The summed E-state index contributed by atoms with van der Waals surface area (Å²) < 4.78 is 4.89. The highest BCUT2D eigenvalue weighted by Crippen LogP contribution is 2.36. The lowest BCUT2D eigenvalue weighted by atomic mass is 10.0. The van der Waals surface area contributed by atoms with Crippen LogP contribution in [0, 0.1) is 10.1 Å². The number of methoxy groups -OCH3 is 1. The topological polar surface area (TPSA) is 142 Å². The standard InChI is InChI=1S/C19H29N3O7/c1-12(8-6-7-9-21(18(25)26)19(2,3)4)20-17(24)13-10-14(22(27)28)16(23)15(11-13)29-5/h10-12,23H,6-9H2,1-5H3,(H,20,24)(H,25,26). The molecule has 0 aliphatic heterocycles. The summed E-state index contributed by atoms with van der Waals surface area (Å²) in [7, 11) is 1.24. The molecule has 10 nitrogen and oxygen atoms in total. The van der Waals surface area contributed by atoms with Crippen LogP contribution >= 0.6 is 0 Å². The van der Waals surface area contributed by atoms with Crippen molar-refractivity contribution in [2.24, 2.45) is 0 Å². The van der Waals surface area contributed by atoms with Gasteiger partial charge in [-0.1, -0.05) is 0 Å². The predicted molar refractivity (Wildman–Crippen MR) is 107 cm³/mol. The highest BCUT2D eigenvalue weighted by molar-refractivity contribution is 5.96. The van der Waals surface area contributed by atoms with Gasteiger partial charge in [0.05, 0.1) is 17.6 Å². The van der Waals surface area contributed by atoms with Crippen molar-refractivity contribution in [2.45, 2.75) is 58.5 Å². The summed E-state index contributed by atoms with van der Waals surface area (Å²) in [5.74, 6) is -1.32. The second-order valence-corrected chi connectivity index (χ2v) is 7.78. The third-order valence-corrected chi connectivity index (χ3v) is 4.42. The Kier molecular flexibility index (Phi) is 8.23. The Hall–Kier alpha value is -3.04. The van der Waals surface area contributed by atoms with Crippen LogP contribution in [0.15, 0.2) is 12.1 Å². The monoisotopic (exact) mass is 411 g/mol. The largest absolute Gasteiger partial charge is 0.500 e. The smallest absolute Gasteiger partial charge is 0.407 e. The van der Waals surface area contributed by atoms with Gasteiger partial charge < -0.3 is 25.2 Å². The Morgan fingerprint density at radius 2 is 1.93 bits per heavy atom. The number of carboxylic acid groups (broad SMARTS) is 1. The Balaban J connectivity index is 2.66. The molecule has 1 unspecified atom stereocenters. The molecule has 0 radical (unpaired) electrons. The number of nitro groups is 1. The number of benzene rings is 1. The molecule has 0 aliphatic carbocycles. The van der Waals surface area contributed by atoms with Crippen molar-refractivity contribution in [1.82, 2.24) is 10.2 Å². The first-order chi connectivity index (χ1) is 13.4. The Labute approximate surface area is 169 Å². The second kappa shape index (κ2) is 9.94. The maximum atomic E-state index is 12.4.